The normalized spacial score (nSPS) is 12.5. The Morgan fingerprint density at radius 3 is 2.16 bits per heavy atom. The van der Waals surface area contributed by atoms with Crippen LogP contribution in [0.5, 0.6) is 0 Å². The molecule has 0 aliphatic heterocycles. The van der Waals surface area contributed by atoms with Crippen molar-refractivity contribution in [3.8, 4) is 0 Å². The third-order valence-electron chi connectivity index (χ3n) is 3.17. The second kappa shape index (κ2) is 5.27. The summed E-state index contributed by atoms with van der Waals surface area (Å²) in [4.78, 5) is 0. The molecule has 0 radical (unpaired) electrons. The van der Waals surface area contributed by atoms with Crippen molar-refractivity contribution in [3.63, 3.8) is 0 Å². The van der Waals surface area contributed by atoms with Gasteiger partial charge in [0.05, 0.1) is 11.1 Å². The molecule has 0 heterocycles. The molecule has 0 aromatic heterocycles. The monoisotopic (exact) mass is 281 g/mol. The van der Waals surface area contributed by atoms with Crippen molar-refractivity contribution >= 4 is 11.6 Å². The zero-order valence-electron chi connectivity index (χ0n) is 10.7. The molecule has 2 N–H and O–H groups in total. The first-order valence-corrected chi connectivity index (χ1v) is 6.25. The van der Waals surface area contributed by atoms with Gasteiger partial charge in [0.15, 0.2) is 0 Å². The zero-order valence-corrected chi connectivity index (χ0v) is 11.4. The summed E-state index contributed by atoms with van der Waals surface area (Å²) in [6.45, 7) is 3.60. The van der Waals surface area contributed by atoms with E-state index < -0.39 is 11.9 Å². The van der Waals surface area contributed by atoms with Crippen LogP contribution in [0.4, 0.5) is 8.78 Å². The lowest BCUT2D eigenvalue weighted by atomic mass is 9.92. The highest BCUT2D eigenvalue weighted by Crippen LogP contribution is 2.28. The van der Waals surface area contributed by atoms with Crippen LogP contribution in [0.3, 0.4) is 0 Å². The summed E-state index contributed by atoms with van der Waals surface area (Å²) in [6, 6.07) is 6.79. The van der Waals surface area contributed by atoms with Crippen LogP contribution in [0.15, 0.2) is 30.3 Å². The average molecular weight is 282 g/mol. The Morgan fingerprint density at radius 1 is 1.05 bits per heavy atom. The number of hydrogen-bond acceptors (Lipinski definition) is 1. The van der Waals surface area contributed by atoms with Gasteiger partial charge in [0.1, 0.15) is 11.6 Å². The van der Waals surface area contributed by atoms with Crippen molar-refractivity contribution in [1.82, 2.24) is 0 Å². The van der Waals surface area contributed by atoms with E-state index >= 15 is 0 Å². The van der Waals surface area contributed by atoms with E-state index in [-0.39, 0.29) is 10.8 Å². The maximum absolute atomic E-state index is 13.3. The molecule has 0 bridgehead atoms. The number of nitrogens with two attached hydrogens (primary N) is 1. The summed E-state index contributed by atoms with van der Waals surface area (Å²) in [5.74, 6) is -0.770. The Morgan fingerprint density at radius 2 is 1.63 bits per heavy atom. The minimum absolute atomic E-state index is 0.0327. The molecular formula is C15H14ClF2N. The van der Waals surface area contributed by atoms with Crippen LogP contribution in [0.1, 0.15) is 28.3 Å². The van der Waals surface area contributed by atoms with E-state index in [1.54, 1.807) is 19.9 Å². The molecule has 2 aromatic rings. The molecule has 2 aromatic carbocycles. The molecule has 0 aliphatic rings. The molecule has 0 aliphatic carbocycles. The van der Waals surface area contributed by atoms with Gasteiger partial charge in [-0.25, -0.2) is 8.78 Å². The SMILES string of the molecule is Cc1cc(F)cc(C)c1C(N)c1ccc(F)c(Cl)c1. The predicted octanol–water partition coefficient (Wildman–Crippen LogP) is 4.28. The summed E-state index contributed by atoms with van der Waals surface area (Å²) in [5.41, 5.74) is 9.26. The second-order valence-electron chi connectivity index (χ2n) is 4.60. The van der Waals surface area contributed by atoms with Crippen LogP contribution in [-0.4, -0.2) is 0 Å². The van der Waals surface area contributed by atoms with Crippen LogP contribution in [0, 0.1) is 25.5 Å². The van der Waals surface area contributed by atoms with Gasteiger partial charge in [-0.3, -0.25) is 0 Å². The van der Waals surface area contributed by atoms with Gasteiger partial charge in [0.2, 0.25) is 0 Å². The summed E-state index contributed by atoms with van der Waals surface area (Å²) in [5, 5.41) is 0.0327. The molecule has 100 valence electrons. The highest BCUT2D eigenvalue weighted by molar-refractivity contribution is 6.30. The maximum atomic E-state index is 13.3. The van der Waals surface area contributed by atoms with E-state index in [0.29, 0.717) is 5.56 Å². The summed E-state index contributed by atoms with van der Waals surface area (Å²) >= 11 is 5.76. The van der Waals surface area contributed by atoms with Gasteiger partial charge in [-0.2, -0.15) is 0 Å². The first-order valence-electron chi connectivity index (χ1n) is 5.87. The summed E-state index contributed by atoms with van der Waals surface area (Å²) in [6.07, 6.45) is 0. The maximum Gasteiger partial charge on any atom is 0.141 e. The van der Waals surface area contributed by atoms with Gasteiger partial charge in [0.25, 0.3) is 0 Å². The Hall–Kier alpha value is -1.45. The predicted molar refractivity (Wildman–Crippen MR) is 73.3 cm³/mol. The molecule has 2 rings (SSSR count). The lowest BCUT2D eigenvalue weighted by molar-refractivity contribution is 0.622. The van der Waals surface area contributed by atoms with Gasteiger partial charge in [-0.1, -0.05) is 17.7 Å². The second-order valence-corrected chi connectivity index (χ2v) is 5.01. The van der Waals surface area contributed by atoms with Crippen molar-refractivity contribution in [2.24, 2.45) is 5.73 Å². The van der Waals surface area contributed by atoms with Gasteiger partial charge in [-0.05, 0) is 60.4 Å². The van der Waals surface area contributed by atoms with Crippen LogP contribution < -0.4 is 5.73 Å². The first-order chi connectivity index (χ1) is 8.90. The summed E-state index contributed by atoms with van der Waals surface area (Å²) in [7, 11) is 0. The fourth-order valence-electron chi connectivity index (χ4n) is 2.28. The average Bonchev–Trinajstić information content (AvgIpc) is 2.31. The molecule has 0 amide bonds. The van der Waals surface area contributed by atoms with Gasteiger partial charge >= 0.3 is 0 Å². The third kappa shape index (κ3) is 2.77. The van der Waals surface area contributed by atoms with Crippen LogP contribution in [0.2, 0.25) is 5.02 Å². The lowest BCUT2D eigenvalue weighted by Gasteiger charge is -2.18. The van der Waals surface area contributed by atoms with E-state index in [2.05, 4.69) is 0 Å². The molecular weight excluding hydrogens is 268 g/mol. The first kappa shape index (κ1) is 14.0. The quantitative estimate of drug-likeness (QED) is 0.873. The standard InChI is InChI=1S/C15H14ClF2N/c1-8-5-11(17)6-9(2)14(8)15(19)10-3-4-13(18)12(16)7-10/h3-7,15H,19H2,1-2H3. The van der Waals surface area contributed by atoms with Crippen LogP contribution in [-0.2, 0) is 0 Å². The topological polar surface area (TPSA) is 26.0 Å². The number of aryl methyl sites for hydroxylation is 2. The van der Waals surface area contributed by atoms with E-state index in [4.69, 9.17) is 17.3 Å². The van der Waals surface area contributed by atoms with Crippen molar-refractivity contribution in [1.29, 1.82) is 0 Å². The highest BCUT2D eigenvalue weighted by atomic mass is 35.5. The fraction of sp³-hybridized carbons (Fsp3) is 0.200. The van der Waals surface area contributed by atoms with Gasteiger partial charge in [0, 0.05) is 0 Å². The smallest absolute Gasteiger partial charge is 0.141 e. The molecule has 0 saturated carbocycles. The summed E-state index contributed by atoms with van der Waals surface area (Å²) < 4.78 is 26.4. The molecule has 4 heteroatoms. The number of rotatable bonds is 2. The van der Waals surface area contributed by atoms with E-state index in [0.717, 1.165) is 16.7 Å². The molecule has 0 fully saturated rings. The van der Waals surface area contributed by atoms with Crippen molar-refractivity contribution in [3.05, 3.63) is 69.2 Å². The lowest BCUT2D eigenvalue weighted by Crippen LogP contribution is -2.15. The van der Waals surface area contributed by atoms with Crippen molar-refractivity contribution in [2.45, 2.75) is 19.9 Å². The Kier molecular flexibility index (Phi) is 3.88. The minimum atomic E-state index is -0.481. The number of halogens is 3. The molecule has 1 nitrogen and oxygen atoms in total. The fourth-order valence-corrected chi connectivity index (χ4v) is 2.47. The number of hydrogen-bond donors (Lipinski definition) is 1. The zero-order chi connectivity index (χ0) is 14.2. The Bertz CT molecular complexity index is 603. The van der Waals surface area contributed by atoms with Crippen molar-refractivity contribution < 1.29 is 8.78 Å². The third-order valence-corrected chi connectivity index (χ3v) is 3.46. The van der Waals surface area contributed by atoms with Crippen LogP contribution in [0.25, 0.3) is 0 Å². The Balaban J connectivity index is 2.49. The minimum Gasteiger partial charge on any atom is -0.320 e. The van der Waals surface area contributed by atoms with E-state index in [9.17, 15) is 8.78 Å². The Labute approximate surface area is 116 Å². The van der Waals surface area contributed by atoms with E-state index in [1.165, 1.54) is 24.3 Å². The molecule has 1 unspecified atom stereocenters. The van der Waals surface area contributed by atoms with Crippen molar-refractivity contribution in [2.75, 3.05) is 0 Å². The van der Waals surface area contributed by atoms with E-state index in [1.807, 2.05) is 0 Å². The highest BCUT2D eigenvalue weighted by Gasteiger charge is 2.16. The molecule has 1 atom stereocenters. The molecule has 0 spiro atoms. The van der Waals surface area contributed by atoms with Gasteiger partial charge in [-0.15, -0.1) is 0 Å². The van der Waals surface area contributed by atoms with Gasteiger partial charge < -0.3 is 5.73 Å². The largest absolute Gasteiger partial charge is 0.320 e. The molecule has 0 saturated heterocycles. The van der Waals surface area contributed by atoms with Crippen LogP contribution >= 0.6 is 11.6 Å². The molecule has 19 heavy (non-hydrogen) atoms. The number of benzene rings is 2.